The topological polar surface area (TPSA) is 102 Å². The molecule has 2 unspecified atom stereocenters. The van der Waals surface area contributed by atoms with E-state index in [1.807, 2.05) is 0 Å². The Kier molecular flexibility index (Phi) is 8.09. The minimum Gasteiger partial charge on any atom is -0.508 e. The molecule has 2 fully saturated rings. The van der Waals surface area contributed by atoms with Crippen LogP contribution in [0.15, 0.2) is 58.3 Å². The van der Waals surface area contributed by atoms with Crippen LogP contribution in [0.1, 0.15) is 38.5 Å². The summed E-state index contributed by atoms with van der Waals surface area (Å²) in [4.78, 5) is 0.196. The first kappa shape index (κ1) is 22.6. The van der Waals surface area contributed by atoms with E-state index in [-0.39, 0.29) is 33.9 Å². The molecule has 4 rings (SSSR count). The summed E-state index contributed by atoms with van der Waals surface area (Å²) in [6.45, 7) is 1.69. The van der Waals surface area contributed by atoms with E-state index in [1.165, 1.54) is 74.2 Å². The molecule has 2 N–H and O–H groups in total. The van der Waals surface area contributed by atoms with Crippen molar-refractivity contribution in [2.45, 2.75) is 60.9 Å². The van der Waals surface area contributed by atoms with Gasteiger partial charge in [-0.25, -0.2) is 8.42 Å². The maximum Gasteiger partial charge on any atom is 0.206 e. The third kappa shape index (κ3) is 6.43. The number of phenolic OH excluding ortho intramolecular Hbond substituents is 2. The summed E-state index contributed by atoms with van der Waals surface area (Å²) in [7, 11) is -3.59. The summed E-state index contributed by atoms with van der Waals surface area (Å²) in [6, 6.07) is 10.6. The van der Waals surface area contributed by atoms with E-state index in [0.717, 1.165) is 26.1 Å². The van der Waals surface area contributed by atoms with Crippen LogP contribution < -0.4 is 0 Å². The Morgan fingerprint density at radius 2 is 1.10 bits per heavy atom. The van der Waals surface area contributed by atoms with E-state index in [2.05, 4.69) is 0 Å². The Labute approximate surface area is 177 Å². The maximum atomic E-state index is 12.1. The molecular weight excluding hydrogens is 408 g/mol. The van der Waals surface area contributed by atoms with Crippen LogP contribution in [-0.2, 0) is 24.0 Å². The SMILES string of the molecule is C1CCC(OC2CCCCO2)OC1.O=S(=O)(c1ccc(O)cc1)c1ccc(O)cc1. The number of hydrogen-bond donors (Lipinski definition) is 2. The summed E-state index contributed by atoms with van der Waals surface area (Å²) in [6.07, 6.45) is 6.83. The van der Waals surface area contributed by atoms with Gasteiger partial charge in [0.15, 0.2) is 12.6 Å². The molecule has 0 amide bonds. The Morgan fingerprint density at radius 3 is 1.43 bits per heavy atom. The molecule has 2 aliphatic rings. The molecule has 7 nitrogen and oxygen atoms in total. The Morgan fingerprint density at radius 1 is 0.700 bits per heavy atom. The molecule has 0 saturated carbocycles. The lowest BCUT2D eigenvalue weighted by Crippen LogP contribution is -2.31. The van der Waals surface area contributed by atoms with Gasteiger partial charge < -0.3 is 24.4 Å². The van der Waals surface area contributed by atoms with E-state index in [1.54, 1.807) is 0 Å². The lowest BCUT2D eigenvalue weighted by atomic mass is 10.2. The molecule has 164 valence electrons. The fourth-order valence-electron chi connectivity index (χ4n) is 3.19. The van der Waals surface area contributed by atoms with E-state index in [9.17, 15) is 8.42 Å². The van der Waals surface area contributed by atoms with Crippen LogP contribution in [0.2, 0.25) is 0 Å². The highest BCUT2D eigenvalue weighted by molar-refractivity contribution is 7.91. The van der Waals surface area contributed by atoms with Crippen molar-refractivity contribution < 1.29 is 32.8 Å². The van der Waals surface area contributed by atoms with Crippen molar-refractivity contribution in [3.63, 3.8) is 0 Å². The van der Waals surface area contributed by atoms with Crippen LogP contribution in [0.25, 0.3) is 0 Å². The molecular formula is C22H28O7S. The number of phenols is 2. The van der Waals surface area contributed by atoms with Crippen molar-refractivity contribution in [1.82, 2.24) is 0 Å². The predicted molar refractivity (Wildman–Crippen MR) is 110 cm³/mol. The fourth-order valence-corrected chi connectivity index (χ4v) is 4.45. The summed E-state index contributed by atoms with van der Waals surface area (Å²) < 4.78 is 40.8. The highest BCUT2D eigenvalue weighted by Gasteiger charge is 2.21. The molecule has 0 aromatic heterocycles. The Balaban J connectivity index is 0.000000177. The van der Waals surface area contributed by atoms with Crippen molar-refractivity contribution in [1.29, 1.82) is 0 Å². The van der Waals surface area contributed by atoms with E-state index >= 15 is 0 Å². The van der Waals surface area contributed by atoms with Gasteiger partial charge in [0.25, 0.3) is 0 Å². The first-order valence-electron chi connectivity index (χ1n) is 10.2. The third-order valence-electron chi connectivity index (χ3n) is 4.87. The smallest absolute Gasteiger partial charge is 0.206 e. The number of aromatic hydroxyl groups is 2. The first-order chi connectivity index (χ1) is 14.4. The fraction of sp³-hybridized carbons (Fsp3) is 0.455. The van der Waals surface area contributed by atoms with Gasteiger partial charge in [-0.1, -0.05) is 0 Å². The van der Waals surface area contributed by atoms with Crippen LogP contribution in [0.4, 0.5) is 0 Å². The Bertz CT molecular complexity index is 799. The second-order valence-electron chi connectivity index (χ2n) is 7.22. The zero-order valence-electron chi connectivity index (χ0n) is 16.8. The molecule has 2 aromatic rings. The van der Waals surface area contributed by atoms with Crippen molar-refractivity contribution in [2.24, 2.45) is 0 Å². The van der Waals surface area contributed by atoms with Gasteiger partial charge in [-0.3, -0.25) is 0 Å². The monoisotopic (exact) mass is 436 g/mol. The average Bonchev–Trinajstić information content (AvgIpc) is 2.76. The first-order valence-corrected chi connectivity index (χ1v) is 11.7. The third-order valence-corrected chi connectivity index (χ3v) is 6.66. The van der Waals surface area contributed by atoms with Crippen molar-refractivity contribution >= 4 is 9.84 Å². The van der Waals surface area contributed by atoms with Crippen molar-refractivity contribution in [3.05, 3.63) is 48.5 Å². The van der Waals surface area contributed by atoms with Crippen LogP contribution in [0.5, 0.6) is 11.5 Å². The quantitative estimate of drug-likeness (QED) is 0.747. The highest BCUT2D eigenvalue weighted by Crippen LogP contribution is 2.24. The number of benzene rings is 2. The molecule has 2 saturated heterocycles. The van der Waals surface area contributed by atoms with Crippen LogP contribution in [0.3, 0.4) is 0 Å². The van der Waals surface area contributed by atoms with Gasteiger partial charge >= 0.3 is 0 Å². The second-order valence-corrected chi connectivity index (χ2v) is 9.17. The minimum absolute atomic E-state index is 0.00292. The summed E-state index contributed by atoms with van der Waals surface area (Å²) in [5.74, 6) is 0.0179. The number of rotatable bonds is 4. The molecule has 2 heterocycles. The molecule has 0 aliphatic carbocycles. The Hall–Kier alpha value is -2.13. The zero-order valence-corrected chi connectivity index (χ0v) is 17.6. The van der Waals surface area contributed by atoms with Crippen molar-refractivity contribution in [3.8, 4) is 11.5 Å². The van der Waals surface area contributed by atoms with Crippen LogP contribution >= 0.6 is 0 Å². The van der Waals surface area contributed by atoms with Gasteiger partial charge in [-0.2, -0.15) is 0 Å². The maximum absolute atomic E-state index is 12.1. The number of hydrogen-bond acceptors (Lipinski definition) is 7. The van der Waals surface area contributed by atoms with Gasteiger partial charge in [0, 0.05) is 13.2 Å². The molecule has 30 heavy (non-hydrogen) atoms. The molecule has 0 radical (unpaired) electrons. The minimum atomic E-state index is -3.59. The summed E-state index contributed by atoms with van der Waals surface area (Å²) >= 11 is 0. The summed E-state index contributed by atoms with van der Waals surface area (Å²) in [5.41, 5.74) is 0. The number of sulfone groups is 1. The standard InChI is InChI=1S/C12H10O4S.C10H18O3/c13-9-1-5-11(6-2-9)17(15,16)12-7-3-10(14)4-8-12;1-3-7-11-9(5-1)13-10-6-2-4-8-12-10/h1-8,13-14H;9-10H,1-8H2. The van der Waals surface area contributed by atoms with Crippen molar-refractivity contribution in [2.75, 3.05) is 13.2 Å². The van der Waals surface area contributed by atoms with Gasteiger partial charge in [0.2, 0.25) is 9.84 Å². The normalized spacial score (nSPS) is 22.0. The molecule has 2 atom stereocenters. The van der Waals surface area contributed by atoms with E-state index in [0.29, 0.717) is 0 Å². The zero-order chi connectivity index (χ0) is 21.4. The van der Waals surface area contributed by atoms with Crippen LogP contribution in [-0.4, -0.2) is 44.4 Å². The molecule has 0 spiro atoms. The average molecular weight is 437 g/mol. The molecule has 0 bridgehead atoms. The van der Waals surface area contributed by atoms with E-state index < -0.39 is 9.84 Å². The second kappa shape index (κ2) is 10.8. The molecule has 2 aliphatic heterocycles. The van der Waals surface area contributed by atoms with Gasteiger partial charge in [-0.15, -0.1) is 0 Å². The van der Waals surface area contributed by atoms with Crippen LogP contribution in [0, 0.1) is 0 Å². The van der Waals surface area contributed by atoms with Gasteiger partial charge in [-0.05, 0) is 87.1 Å². The van der Waals surface area contributed by atoms with Gasteiger partial charge in [0.05, 0.1) is 9.79 Å². The summed E-state index contributed by atoms with van der Waals surface area (Å²) in [5, 5.41) is 18.2. The van der Waals surface area contributed by atoms with E-state index in [4.69, 9.17) is 24.4 Å². The molecule has 2 aromatic carbocycles. The largest absolute Gasteiger partial charge is 0.508 e. The predicted octanol–water partition coefficient (Wildman–Crippen LogP) is 3.99. The molecule has 8 heteroatoms. The lowest BCUT2D eigenvalue weighted by molar-refractivity contribution is -0.264. The lowest BCUT2D eigenvalue weighted by Gasteiger charge is -2.29. The highest BCUT2D eigenvalue weighted by atomic mass is 32.2. The number of ether oxygens (including phenoxy) is 3. The van der Waals surface area contributed by atoms with Gasteiger partial charge in [0.1, 0.15) is 11.5 Å².